The van der Waals surface area contributed by atoms with Crippen molar-refractivity contribution in [2.24, 2.45) is 0 Å². The number of para-hydroxylation sites is 2. The molecule has 0 aliphatic heterocycles. The van der Waals surface area contributed by atoms with E-state index in [0.717, 1.165) is 33.8 Å². The van der Waals surface area contributed by atoms with Crippen LogP contribution in [0.25, 0.3) is 0 Å². The van der Waals surface area contributed by atoms with Crippen LogP contribution in [0.3, 0.4) is 0 Å². The molecule has 6 aromatic rings. The topological polar surface area (TPSA) is 161 Å². The molecule has 12 nitrogen and oxygen atoms in total. The van der Waals surface area contributed by atoms with E-state index < -0.39 is 12.2 Å². The van der Waals surface area contributed by atoms with E-state index in [2.05, 4.69) is 20.1 Å². The minimum absolute atomic E-state index is 0.0329. The van der Waals surface area contributed by atoms with Crippen LogP contribution in [-0.4, -0.2) is 38.1 Å². The molecule has 12 heteroatoms. The van der Waals surface area contributed by atoms with Crippen molar-refractivity contribution in [1.82, 2.24) is 10.6 Å². The van der Waals surface area contributed by atoms with Gasteiger partial charge in [0.15, 0.2) is 0 Å². The summed E-state index contributed by atoms with van der Waals surface area (Å²) in [6.45, 7) is 5.80. The number of hydrogen-bond acceptors (Lipinski definition) is 10. The lowest BCUT2D eigenvalue weighted by Gasteiger charge is -2.10. The van der Waals surface area contributed by atoms with Crippen molar-refractivity contribution < 1.29 is 38.0 Å². The van der Waals surface area contributed by atoms with Crippen LogP contribution in [0.4, 0.5) is 9.59 Å². The van der Waals surface area contributed by atoms with Crippen molar-refractivity contribution >= 4 is 23.9 Å². The first-order chi connectivity index (χ1) is 29.3. The normalized spacial score (nSPS) is 9.87. The fourth-order valence-electron chi connectivity index (χ4n) is 5.20. The van der Waals surface area contributed by atoms with E-state index in [9.17, 15) is 9.59 Å². The minimum Gasteiger partial charge on any atom is -0.489 e. The maximum absolute atomic E-state index is 11.2. The molecule has 0 spiro atoms. The molecule has 6 rings (SSSR count). The van der Waals surface area contributed by atoms with Crippen LogP contribution in [0.5, 0.6) is 23.0 Å². The highest BCUT2D eigenvalue weighted by molar-refractivity contribution is 6.05. The van der Waals surface area contributed by atoms with Crippen LogP contribution in [0, 0.1) is 10.8 Å². The Kier molecular flexibility index (Phi) is 18.7. The summed E-state index contributed by atoms with van der Waals surface area (Å²) in [5, 5.41) is 20.3. The monoisotopic (exact) mass is 810 g/mol. The molecular weight excluding hydrogens is 761 g/mol. The van der Waals surface area contributed by atoms with Crippen molar-refractivity contribution in [2.75, 3.05) is 14.2 Å². The van der Waals surface area contributed by atoms with Crippen molar-refractivity contribution in [1.29, 1.82) is 10.8 Å². The molecule has 0 aromatic heterocycles. The summed E-state index contributed by atoms with van der Waals surface area (Å²) in [4.78, 5) is 22.3. The molecule has 2 amide bonds. The van der Waals surface area contributed by atoms with E-state index in [4.69, 9.17) is 29.8 Å². The van der Waals surface area contributed by atoms with E-state index in [-0.39, 0.29) is 11.7 Å². The third-order valence-corrected chi connectivity index (χ3v) is 8.20. The van der Waals surface area contributed by atoms with Gasteiger partial charge in [-0.25, -0.2) is 9.59 Å². The SMILES string of the molecule is CC.COC(=O)NC(=N)c1ccc(OCc2cccc(COc3ccccc3)c2)cc1.COC(=O)NC(=N)c1ccc(OCc2cccc(COc3ccccc3)c2)cc1. The molecule has 310 valence electrons. The molecular formula is C48H50N4O8. The molecule has 0 unspecified atom stereocenters. The van der Waals surface area contributed by atoms with E-state index in [1.165, 1.54) is 14.2 Å². The summed E-state index contributed by atoms with van der Waals surface area (Å²) in [7, 11) is 2.50. The molecule has 0 aliphatic rings. The molecule has 0 fully saturated rings. The minimum atomic E-state index is -0.675. The van der Waals surface area contributed by atoms with Crippen molar-refractivity contribution in [3.05, 3.63) is 191 Å². The van der Waals surface area contributed by atoms with Gasteiger partial charge in [-0.15, -0.1) is 0 Å². The lowest BCUT2D eigenvalue weighted by molar-refractivity contribution is 0.176. The van der Waals surface area contributed by atoms with Crippen molar-refractivity contribution in [3.63, 3.8) is 0 Å². The smallest absolute Gasteiger partial charge is 0.412 e. The molecule has 0 heterocycles. The Morgan fingerprint density at radius 1 is 0.417 bits per heavy atom. The molecule has 0 saturated heterocycles. The van der Waals surface area contributed by atoms with Gasteiger partial charge in [0.05, 0.1) is 14.2 Å². The van der Waals surface area contributed by atoms with Crippen LogP contribution in [0.1, 0.15) is 47.2 Å². The van der Waals surface area contributed by atoms with E-state index >= 15 is 0 Å². The number of amidine groups is 2. The second kappa shape index (κ2) is 24.9. The van der Waals surface area contributed by atoms with Gasteiger partial charge in [0.1, 0.15) is 61.1 Å². The zero-order valence-electron chi connectivity index (χ0n) is 34.1. The average molecular weight is 811 g/mol. The maximum Gasteiger partial charge on any atom is 0.412 e. The van der Waals surface area contributed by atoms with Gasteiger partial charge in [-0.1, -0.05) is 86.6 Å². The van der Waals surface area contributed by atoms with Crippen LogP contribution >= 0.6 is 0 Å². The molecule has 6 aromatic carbocycles. The number of benzene rings is 6. The summed E-state index contributed by atoms with van der Waals surface area (Å²) in [5.74, 6) is 2.95. The molecule has 0 atom stereocenters. The predicted octanol–water partition coefficient (Wildman–Crippen LogP) is 10.1. The zero-order chi connectivity index (χ0) is 43.0. The highest BCUT2D eigenvalue weighted by atomic mass is 16.5. The number of carbonyl (C=O) groups excluding carboxylic acids is 2. The lowest BCUT2D eigenvalue weighted by atomic mass is 10.1. The van der Waals surface area contributed by atoms with E-state index in [1.807, 2.05) is 123 Å². The predicted molar refractivity (Wildman–Crippen MR) is 232 cm³/mol. The molecule has 0 bridgehead atoms. The number of ether oxygens (including phenoxy) is 6. The molecule has 0 aliphatic carbocycles. The first kappa shape index (κ1) is 45.1. The molecule has 4 N–H and O–H groups in total. The number of carbonyl (C=O) groups is 2. The van der Waals surface area contributed by atoms with Gasteiger partial charge in [0.25, 0.3) is 0 Å². The Hall–Kier alpha value is -7.60. The summed E-state index contributed by atoms with van der Waals surface area (Å²) < 4.78 is 32.2. The Balaban J connectivity index is 0.000000254. The van der Waals surface area contributed by atoms with Crippen LogP contribution in [0.15, 0.2) is 158 Å². The van der Waals surface area contributed by atoms with Gasteiger partial charge >= 0.3 is 12.2 Å². The highest BCUT2D eigenvalue weighted by Gasteiger charge is 2.09. The second-order valence-electron chi connectivity index (χ2n) is 12.5. The number of methoxy groups -OCH3 is 2. The zero-order valence-corrected chi connectivity index (χ0v) is 34.1. The molecule has 0 saturated carbocycles. The van der Waals surface area contributed by atoms with Gasteiger partial charge in [-0.05, 0) is 107 Å². The first-order valence-electron chi connectivity index (χ1n) is 19.1. The van der Waals surface area contributed by atoms with Crippen molar-refractivity contribution in [2.45, 2.75) is 40.3 Å². The van der Waals surface area contributed by atoms with Gasteiger partial charge < -0.3 is 28.4 Å². The van der Waals surface area contributed by atoms with Gasteiger partial charge in [0.2, 0.25) is 0 Å². The van der Waals surface area contributed by atoms with Gasteiger partial charge in [-0.3, -0.25) is 21.5 Å². The third kappa shape index (κ3) is 15.7. The standard InChI is InChI=1S/2C23H22N2O4.C2H6/c2*1-27-23(26)25-22(24)19-10-12-21(13-11-19)29-16-18-7-5-6-17(14-18)15-28-20-8-3-2-4-9-20;1-2/h2*2-14H,15-16H2,1H3,(H2,24,25,26);1-2H3. The number of alkyl carbamates (subject to hydrolysis) is 2. The summed E-state index contributed by atoms with van der Waals surface area (Å²) >= 11 is 0. The fraction of sp³-hybridized carbons (Fsp3) is 0.167. The fourth-order valence-corrected chi connectivity index (χ4v) is 5.20. The first-order valence-corrected chi connectivity index (χ1v) is 19.1. The number of rotatable bonds is 14. The number of amides is 2. The lowest BCUT2D eigenvalue weighted by Crippen LogP contribution is -2.30. The largest absolute Gasteiger partial charge is 0.489 e. The van der Waals surface area contributed by atoms with Gasteiger partial charge in [-0.2, -0.15) is 0 Å². The maximum atomic E-state index is 11.2. The van der Waals surface area contributed by atoms with E-state index in [0.29, 0.717) is 49.1 Å². The molecule has 0 radical (unpaired) electrons. The van der Waals surface area contributed by atoms with Crippen LogP contribution in [0.2, 0.25) is 0 Å². The molecule has 60 heavy (non-hydrogen) atoms. The van der Waals surface area contributed by atoms with E-state index in [1.54, 1.807) is 48.5 Å². The average Bonchev–Trinajstić information content (AvgIpc) is 3.31. The third-order valence-electron chi connectivity index (χ3n) is 8.20. The van der Waals surface area contributed by atoms with Crippen LogP contribution in [-0.2, 0) is 35.9 Å². The number of hydrogen-bond donors (Lipinski definition) is 4. The Labute approximate surface area is 351 Å². The van der Waals surface area contributed by atoms with Crippen LogP contribution < -0.4 is 29.6 Å². The highest BCUT2D eigenvalue weighted by Crippen LogP contribution is 2.18. The second-order valence-corrected chi connectivity index (χ2v) is 12.5. The summed E-state index contributed by atoms with van der Waals surface area (Å²) in [5.41, 5.74) is 5.30. The Morgan fingerprint density at radius 2 is 0.700 bits per heavy atom. The van der Waals surface area contributed by atoms with Crippen molar-refractivity contribution in [3.8, 4) is 23.0 Å². The quantitative estimate of drug-likeness (QED) is 0.0625. The van der Waals surface area contributed by atoms with Gasteiger partial charge in [0, 0.05) is 11.1 Å². The number of nitrogens with one attached hydrogen (secondary N) is 4. The Bertz CT molecular complexity index is 2070. The summed E-state index contributed by atoms with van der Waals surface area (Å²) in [6.07, 6.45) is -1.35. The summed E-state index contributed by atoms with van der Waals surface area (Å²) in [6, 6.07) is 49.3. The Morgan fingerprint density at radius 3 is 0.983 bits per heavy atom.